The van der Waals surface area contributed by atoms with E-state index in [-0.39, 0.29) is 5.60 Å². The summed E-state index contributed by atoms with van der Waals surface area (Å²) in [5.41, 5.74) is 1.01. The van der Waals surface area contributed by atoms with E-state index < -0.39 is 0 Å². The molecule has 0 N–H and O–H groups in total. The van der Waals surface area contributed by atoms with Gasteiger partial charge in [-0.2, -0.15) is 0 Å². The summed E-state index contributed by atoms with van der Waals surface area (Å²) in [6.07, 6.45) is 0.945. The predicted molar refractivity (Wildman–Crippen MR) is 81.1 cm³/mol. The zero-order chi connectivity index (χ0) is 14.2. The van der Waals surface area contributed by atoms with Crippen LogP contribution in [0.1, 0.15) is 43.5 Å². The molecule has 0 saturated heterocycles. The van der Waals surface area contributed by atoms with Gasteiger partial charge in [0.2, 0.25) is 0 Å². The maximum Gasteiger partial charge on any atom is 0.157 e. The highest BCUT2D eigenvalue weighted by Crippen LogP contribution is 2.33. The van der Waals surface area contributed by atoms with Crippen molar-refractivity contribution >= 4 is 33.2 Å². The Morgan fingerprint density at radius 1 is 1.26 bits per heavy atom. The monoisotopic (exact) mass is 298 g/mol. The van der Waals surface area contributed by atoms with Crippen LogP contribution in [-0.2, 0) is 11.3 Å². The molecule has 2 heterocycles. The highest BCUT2D eigenvalue weighted by Gasteiger charge is 2.18. The number of aromatic nitrogens is 2. The number of hydrogen-bond acceptors (Lipinski definition) is 4. The van der Waals surface area contributed by atoms with Gasteiger partial charge >= 0.3 is 0 Å². The van der Waals surface area contributed by atoms with Gasteiger partial charge in [-0.25, -0.2) is 9.97 Å². The van der Waals surface area contributed by atoms with Gasteiger partial charge in [0.05, 0.1) is 11.0 Å². The number of hydrogen-bond donors (Lipinski definition) is 0. The largest absolute Gasteiger partial charge is 0.368 e. The van der Waals surface area contributed by atoms with Gasteiger partial charge in [0.25, 0.3) is 0 Å². The van der Waals surface area contributed by atoms with Crippen molar-refractivity contribution in [3.05, 3.63) is 21.4 Å². The first-order chi connectivity index (χ1) is 8.84. The van der Waals surface area contributed by atoms with Crippen LogP contribution in [0, 0.1) is 13.8 Å². The summed E-state index contributed by atoms with van der Waals surface area (Å²) in [5, 5.41) is 1.50. The minimum atomic E-state index is -0.161. The molecule has 2 rings (SSSR count). The standard InChI is InChI=1S/C14H19ClN2OS/c1-6-14(4,5)18-7-10-16-12(15)11-8(2)9(3)19-13(11)17-10/h6-7H2,1-5H3. The van der Waals surface area contributed by atoms with Crippen LogP contribution in [0.4, 0.5) is 0 Å². The van der Waals surface area contributed by atoms with Crippen LogP contribution < -0.4 is 0 Å². The number of nitrogens with zero attached hydrogens (tertiary/aromatic N) is 2. The molecule has 104 valence electrons. The number of halogens is 1. The Bertz CT molecular complexity index is 607. The second-order valence-electron chi connectivity index (χ2n) is 5.30. The van der Waals surface area contributed by atoms with E-state index in [1.807, 2.05) is 0 Å². The second kappa shape index (κ2) is 5.35. The number of aryl methyl sites for hydroxylation is 2. The van der Waals surface area contributed by atoms with E-state index in [0.717, 1.165) is 16.6 Å². The van der Waals surface area contributed by atoms with Crippen LogP contribution in [0.5, 0.6) is 0 Å². The van der Waals surface area contributed by atoms with Crippen LogP contribution in [0.25, 0.3) is 10.2 Å². The Morgan fingerprint density at radius 3 is 2.58 bits per heavy atom. The quantitative estimate of drug-likeness (QED) is 0.770. The number of rotatable bonds is 4. The lowest BCUT2D eigenvalue weighted by Gasteiger charge is -2.22. The average Bonchev–Trinajstić information content (AvgIpc) is 2.63. The zero-order valence-electron chi connectivity index (χ0n) is 12.0. The zero-order valence-corrected chi connectivity index (χ0v) is 13.6. The molecule has 0 atom stereocenters. The van der Waals surface area contributed by atoms with Crippen molar-refractivity contribution in [2.75, 3.05) is 0 Å². The van der Waals surface area contributed by atoms with Gasteiger partial charge in [-0.1, -0.05) is 18.5 Å². The highest BCUT2D eigenvalue weighted by atomic mass is 35.5. The van der Waals surface area contributed by atoms with Crippen molar-refractivity contribution < 1.29 is 4.74 Å². The normalized spacial score (nSPS) is 12.3. The highest BCUT2D eigenvalue weighted by molar-refractivity contribution is 7.18. The van der Waals surface area contributed by atoms with Crippen molar-refractivity contribution in [2.24, 2.45) is 0 Å². The maximum absolute atomic E-state index is 6.26. The molecule has 0 radical (unpaired) electrons. The molecule has 0 aliphatic heterocycles. The topological polar surface area (TPSA) is 35.0 Å². The van der Waals surface area contributed by atoms with Gasteiger partial charge in [0.1, 0.15) is 16.6 Å². The smallest absolute Gasteiger partial charge is 0.157 e. The van der Waals surface area contributed by atoms with E-state index >= 15 is 0 Å². The minimum absolute atomic E-state index is 0.161. The Hall–Kier alpha value is -0.710. The fourth-order valence-corrected chi connectivity index (χ4v) is 3.10. The van der Waals surface area contributed by atoms with Gasteiger partial charge in [-0.15, -0.1) is 11.3 Å². The molecule has 19 heavy (non-hydrogen) atoms. The molecular weight excluding hydrogens is 280 g/mol. The lowest BCUT2D eigenvalue weighted by atomic mass is 10.1. The summed E-state index contributed by atoms with van der Waals surface area (Å²) < 4.78 is 5.83. The third kappa shape index (κ3) is 3.07. The van der Waals surface area contributed by atoms with Crippen molar-refractivity contribution in [1.82, 2.24) is 9.97 Å². The molecule has 0 aliphatic rings. The van der Waals surface area contributed by atoms with Crippen molar-refractivity contribution in [3.63, 3.8) is 0 Å². The third-order valence-corrected chi connectivity index (χ3v) is 4.85. The molecule has 5 heteroatoms. The first-order valence-corrected chi connectivity index (χ1v) is 7.59. The van der Waals surface area contributed by atoms with E-state index in [9.17, 15) is 0 Å². The molecular formula is C14H19ClN2OS. The molecule has 0 aliphatic carbocycles. The lowest BCUT2D eigenvalue weighted by Crippen LogP contribution is -2.23. The Labute approximate surface area is 123 Å². The van der Waals surface area contributed by atoms with Gasteiger partial charge in [0, 0.05) is 4.88 Å². The molecule has 2 aromatic rings. The van der Waals surface area contributed by atoms with E-state index in [1.54, 1.807) is 11.3 Å². The summed E-state index contributed by atoms with van der Waals surface area (Å²) in [6.45, 7) is 10.8. The molecule has 2 aromatic heterocycles. The molecule has 0 amide bonds. The first kappa shape index (κ1) is 14.7. The van der Waals surface area contributed by atoms with Crippen LogP contribution in [-0.4, -0.2) is 15.6 Å². The molecule has 0 fully saturated rings. The fourth-order valence-electron chi connectivity index (χ4n) is 1.67. The maximum atomic E-state index is 6.26. The number of fused-ring (bicyclic) bond motifs is 1. The molecule has 0 spiro atoms. The SMILES string of the molecule is CCC(C)(C)OCc1nc(Cl)c2c(C)c(C)sc2n1. The minimum Gasteiger partial charge on any atom is -0.368 e. The summed E-state index contributed by atoms with van der Waals surface area (Å²) in [5.74, 6) is 0.653. The summed E-state index contributed by atoms with van der Waals surface area (Å²) >= 11 is 7.92. The van der Waals surface area contributed by atoms with Crippen molar-refractivity contribution in [3.8, 4) is 0 Å². The van der Waals surface area contributed by atoms with Crippen molar-refractivity contribution in [1.29, 1.82) is 0 Å². The molecule has 0 aromatic carbocycles. The van der Waals surface area contributed by atoms with Gasteiger partial charge < -0.3 is 4.74 Å². The van der Waals surface area contributed by atoms with Gasteiger partial charge in [0.15, 0.2) is 5.82 Å². The van der Waals surface area contributed by atoms with Crippen molar-refractivity contribution in [2.45, 2.75) is 53.2 Å². The Morgan fingerprint density at radius 2 is 1.95 bits per heavy atom. The summed E-state index contributed by atoms with van der Waals surface area (Å²) in [6, 6.07) is 0. The Balaban J connectivity index is 2.31. The molecule has 0 saturated carbocycles. The average molecular weight is 299 g/mol. The Kier molecular flexibility index (Phi) is 4.14. The number of thiophene rings is 1. The number of ether oxygens (including phenoxy) is 1. The summed E-state index contributed by atoms with van der Waals surface area (Å²) in [4.78, 5) is 11.1. The van der Waals surface area contributed by atoms with Gasteiger partial charge in [-0.05, 0) is 39.7 Å². The third-order valence-electron chi connectivity index (χ3n) is 3.47. The van der Waals surface area contributed by atoms with Crippen LogP contribution >= 0.6 is 22.9 Å². The van der Waals surface area contributed by atoms with Crippen LogP contribution in [0.3, 0.4) is 0 Å². The molecule has 0 unspecified atom stereocenters. The van der Waals surface area contributed by atoms with E-state index in [0.29, 0.717) is 17.6 Å². The van der Waals surface area contributed by atoms with E-state index in [4.69, 9.17) is 16.3 Å². The van der Waals surface area contributed by atoms with E-state index in [2.05, 4.69) is 44.6 Å². The van der Waals surface area contributed by atoms with Crippen LogP contribution in [0.2, 0.25) is 5.15 Å². The summed E-state index contributed by atoms with van der Waals surface area (Å²) in [7, 11) is 0. The molecule has 3 nitrogen and oxygen atoms in total. The second-order valence-corrected chi connectivity index (χ2v) is 6.86. The molecule has 0 bridgehead atoms. The first-order valence-electron chi connectivity index (χ1n) is 6.40. The predicted octanol–water partition coefficient (Wildman–Crippen LogP) is 4.67. The van der Waals surface area contributed by atoms with E-state index in [1.165, 1.54) is 10.4 Å². The van der Waals surface area contributed by atoms with Crippen LogP contribution in [0.15, 0.2) is 0 Å². The van der Waals surface area contributed by atoms with Gasteiger partial charge in [-0.3, -0.25) is 0 Å². The fraction of sp³-hybridized carbons (Fsp3) is 0.571. The lowest BCUT2D eigenvalue weighted by molar-refractivity contribution is -0.0344.